The van der Waals surface area contributed by atoms with Gasteiger partial charge in [-0.25, -0.2) is 13.2 Å². The van der Waals surface area contributed by atoms with Crippen LogP contribution in [-0.2, 0) is 4.79 Å². The molecular weight excluding hydrogens is 667 g/mol. The second-order valence-electron chi connectivity index (χ2n) is 13.6. The summed E-state index contributed by atoms with van der Waals surface area (Å²) in [5.74, 6) is -0.842. The van der Waals surface area contributed by atoms with Gasteiger partial charge in [-0.3, -0.25) is 9.69 Å². The van der Waals surface area contributed by atoms with Crippen LogP contribution in [0.2, 0.25) is 5.02 Å². The molecule has 5 aliphatic rings. The highest BCUT2D eigenvalue weighted by molar-refractivity contribution is 7.23. The van der Waals surface area contributed by atoms with Crippen LogP contribution in [0.25, 0.3) is 32.1 Å². The lowest BCUT2D eigenvalue weighted by Gasteiger charge is -2.40. The molecule has 4 aromatic rings. The Morgan fingerprint density at radius 2 is 2.06 bits per heavy atom. The van der Waals surface area contributed by atoms with E-state index in [0.717, 1.165) is 43.6 Å². The normalized spacial score (nSPS) is 25.6. The minimum atomic E-state index is -0.954. The van der Waals surface area contributed by atoms with Gasteiger partial charge in [-0.15, -0.1) is 11.3 Å². The lowest BCUT2D eigenvalue weighted by Crippen LogP contribution is -2.52. The summed E-state index contributed by atoms with van der Waals surface area (Å²) in [5, 5.41) is 10.4. The summed E-state index contributed by atoms with van der Waals surface area (Å²) in [6.45, 7) is 3.11. The topological polar surface area (TPSA) is 121 Å². The molecule has 1 saturated carbocycles. The smallest absolute Gasteiger partial charge is 0.319 e. The summed E-state index contributed by atoms with van der Waals surface area (Å²) in [6.07, 6.45) is 2.75. The van der Waals surface area contributed by atoms with E-state index >= 15 is 4.39 Å². The fourth-order valence-electron chi connectivity index (χ4n) is 8.63. The van der Waals surface area contributed by atoms with Crippen molar-refractivity contribution >= 4 is 61.2 Å². The van der Waals surface area contributed by atoms with Gasteiger partial charge in [-0.2, -0.15) is 15.2 Å². The van der Waals surface area contributed by atoms with Crippen molar-refractivity contribution in [2.75, 3.05) is 56.6 Å². The number of thiophene rings is 1. The highest BCUT2D eigenvalue weighted by Crippen LogP contribution is 2.58. The van der Waals surface area contributed by atoms with Crippen LogP contribution in [-0.4, -0.2) is 89.9 Å². The third-order valence-electron chi connectivity index (χ3n) is 10.9. The number of benzene rings is 2. The Labute approximate surface area is 281 Å². The quantitative estimate of drug-likeness (QED) is 0.269. The zero-order chi connectivity index (χ0) is 33.1. The van der Waals surface area contributed by atoms with Gasteiger partial charge in [-0.1, -0.05) is 17.7 Å². The summed E-state index contributed by atoms with van der Waals surface area (Å²) in [5.41, 5.74) is 5.50. The molecule has 2 aromatic carbocycles. The first kappa shape index (κ1) is 30.0. The molecule has 4 fully saturated rings. The van der Waals surface area contributed by atoms with Gasteiger partial charge in [0.05, 0.1) is 32.8 Å². The first-order valence-corrected chi connectivity index (χ1v) is 17.1. The van der Waals surface area contributed by atoms with Crippen molar-refractivity contribution in [3.63, 3.8) is 0 Å². The van der Waals surface area contributed by atoms with E-state index in [-0.39, 0.29) is 84.1 Å². The van der Waals surface area contributed by atoms with Crippen molar-refractivity contribution in [1.29, 1.82) is 5.26 Å². The standard InChI is InChI=1S/C33H29ClF3N7O3S/c34-24-22(17-2-3-19(36)28-21(17)18(10-38)29(39)48-28)25(37)26-23-27(24)46-7-6-44(20-9-32(20)12-42(13-32)15-45)30(23)41-31(40-26)47-14-33-4-1-5-43(33)11-16(35)8-33/h2-3,15-16,20H,1,4-9,11-14,39H2/t16-,20?,33+/m1/s1. The van der Waals surface area contributed by atoms with Gasteiger partial charge in [0, 0.05) is 48.5 Å². The molecule has 4 aliphatic heterocycles. The lowest BCUT2D eigenvalue weighted by molar-refractivity contribution is -0.124. The number of carbonyl (C=O) groups excluding carboxylic acids is 1. The van der Waals surface area contributed by atoms with Crippen molar-refractivity contribution in [3.8, 4) is 29.0 Å². The largest absolute Gasteiger partial charge is 0.489 e. The zero-order valence-corrected chi connectivity index (χ0v) is 27.1. The minimum absolute atomic E-state index is 0.0189. The van der Waals surface area contributed by atoms with Crippen LogP contribution < -0.4 is 20.1 Å². The fourth-order valence-corrected chi connectivity index (χ4v) is 9.92. The average molecular weight is 696 g/mol. The van der Waals surface area contributed by atoms with Crippen LogP contribution in [0.4, 0.5) is 24.0 Å². The van der Waals surface area contributed by atoms with Crippen LogP contribution in [0.1, 0.15) is 31.2 Å². The Morgan fingerprint density at radius 3 is 2.85 bits per heavy atom. The molecular formula is C33H29ClF3N7O3S. The van der Waals surface area contributed by atoms with Crippen molar-refractivity contribution in [1.82, 2.24) is 19.8 Å². The number of nitriles is 1. The third kappa shape index (κ3) is 4.16. The van der Waals surface area contributed by atoms with E-state index in [1.165, 1.54) is 12.1 Å². The van der Waals surface area contributed by atoms with Gasteiger partial charge >= 0.3 is 6.01 Å². The molecule has 0 radical (unpaired) electrons. The maximum Gasteiger partial charge on any atom is 0.319 e. The number of rotatable bonds is 6. The monoisotopic (exact) mass is 695 g/mol. The fraction of sp³-hybridized carbons (Fsp3) is 0.455. The van der Waals surface area contributed by atoms with E-state index < -0.39 is 23.3 Å². The van der Waals surface area contributed by atoms with Crippen LogP contribution in [0.15, 0.2) is 12.1 Å². The van der Waals surface area contributed by atoms with E-state index in [9.17, 15) is 18.8 Å². The molecule has 2 N–H and O–H groups in total. The predicted molar refractivity (Wildman–Crippen MR) is 174 cm³/mol. The second kappa shape index (κ2) is 10.5. The molecule has 2 aromatic heterocycles. The van der Waals surface area contributed by atoms with Crippen LogP contribution >= 0.6 is 22.9 Å². The molecule has 1 spiro atoms. The number of ether oxygens (including phenoxy) is 2. The Morgan fingerprint density at radius 1 is 1.23 bits per heavy atom. The number of amides is 1. The first-order valence-electron chi connectivity index (χ1n) is 15.9. The van der Waals surface area contributed by atoms with Crippen molar-refractivity contribution in [3.05, 3.63) is 34.4 Å². The van der Waals surface area contributed by atoms with Crippen molar-refractivity contribution in [2.24, 2.45) is 5.41 Å². The predicted octanol–water partition coefficient (Wildman–Crippen LogP) is 5.28. The summed E-state index contributed by atoms with van der Waals surface area (Å²) in [7, 11) is 0. The zero-order valence-electron chi connectivity index (χ0n) is 25.6. The van der Waals surface area contributed by atoms with Crippen LogP contribution in [0.5, 0.6) is 11.8 Å². The maximum atomic E-state index is 17.2. The van der Waals surface area contributed by atoms with Crippen LogP contribution in [0, 0.1) is 28.4 Å². The summed E-state index contributed by atoms with van der Waals surface area (Å²) >= 11 is 7.93. The Hall–Kier alpha value is -4.06. The summed E-state index contributed by atoms with van der Waals surface area (Å²) in [4.78, 5) is 26.7. The number of carbonyl (C=O) groups is 1. The van der Waals surface area contributed by atoms with Gasteiger partial charge in [0.15, 0.2) is 11.6 Å². The van der Waals surface area contributed by atoms with E-state index in [1.807, 2.05) is 6.07 Å². The molecule has 1 aliphatic carbocycles. The molecule has 10 nitrogen and oxygen atoms in total. The molecule has 15 heteroatoms. The molecule has 1 amide bonds. The third-order valence-corrected chi connectivity index (χ3v) is 12.3. The second-order valence-corrected chi connectivity index (χ2v) is 15.1. The number of nitrogens with two attached hydrogens (primary N) is 1. The van der Waals surface area contributed by atoms with Crippen molar-refractivity contribution < 1.29 is 27.4 Å². The number of halogens is 4. The summed E-state index contributed by atoms with van der Waals surface area (Å²) < 4.78 is 59.3. The van der Waals surface area contributed by atoms with E-state index in [0.29, 0.717) is 38.4 Å². The maximum absolute atomic E-state index is 17.2. The Kier molecular flexibility index (Phi) is 6.55. The Bertz CT molecular complexity index is 2100. The average Bonchev–Trinajstić information content (AvgIpc) is 3.44. The number of hydrogen-bond donors (Lipinski definition) is 1. The molecule has 6 heterocycles. The number of anilines is 2. The number of aromatic nitrogens is 2. The van der Waals surface area contributed by atoms with Gasteiger partial charge in [-0.05, 0) is 37.4 Å². The van der Waals surface area contributed by atoms with E-state index in [2.05, 4.69) is 14.8 Å². The molecule has 0 bridgehead atoms. The number of fused-ring (bicyclic) bond motifs is 2. The SMILES string of the molecule is N#Cc1c(N)sc2c(F)ccc(-c3c(Cl)c4c5c(nc(OC[C@@]67CCCN6C[C@H](F)C7)nc5c3F)N(C3CC35CN(C=O)C5)CCO4)c12. The Balaban J connectivity index is 1.23. The van der Waals surface area contributed by atoms with Gasteiger partial charge in [0.25, 0.3) is 0 Å². The highest BCUT2D eigenvalue weighted by Gasteiger charge is 2.64. The van der Waals surface area contributed by atoms with Gasteiger partial charge in [0.2, 0.25) is 6.41 Å². The van der Waals surface area contributed by atoms with Crippen LogP contribution in [0.3, 0.4) is 0 Å². The van der Waals surface area contributed by atoms with E-state index in [1.54, 1.807) is 4.90 Å². The number of alkyl halides is 1. The number of hydrogen-bond acceptors (Lipinski definition) is 10. The molecule has 1 unspecified atom stereocenters. The first-order chi connectivity index (χ1) is 23.2. The van der Waals surface area contributed by atoms with Crippen molar-refractivity contribution in [2.45, 2.75) is 43.4 Å². The molecule has 48 heavy (non-hydrogen) atoms. The van der Waals surface area contributed by atoms with Gasteiger partial charge < -0.3 is 25.0 Å². The van der Waals surface area contributed by atoms with Gasteiger partial charge in [0.1, 0.15) is 47.6 Å². The molecule has 248 valence electrons. The summed E-state index contributed by atoms with van der Waals surface area (Å²) in [6, 6.07) is 4.55. The highest BCUT2D eigenvalue weighted by atomic mass is 35.5. The number of likely N-dealkylation sites (tertiary alicyclic amines) is 1. The molecule has 3 atom stereocenters. The minimum Gasteiger partial charge on any atom is -0.489 e. The number of nitrogens with zero attached hydrogens (tertiary/aromatic N) is 6. The molecule has 9 rings (SSSR count). The molecule has 3 saturated heterocycles. The van der Waals surface area contributed by atoms with E-state index in [4.69, 9.17) is 31.8 Å². The lowest BCUT2D eigenvalue weighted by atomic mass is 9.95. The number of nitrogen functional groups attached to an aromatic ring is 1.